The summed E-state index contributed by atoms with van der Waals surface area (Å²) in [4.78, 5) is 55.8. The van der Waals surface area contributed by atoms with Crippen LogP contribution >= 0.6 is 23.1 Å². The lowest BCUT2D eigenvalue weighted by Gasteiger charge is -2.31. The van der Waals surface area contributed by atoms with Crippen molar-refractivity contribution in [2.45, 2.75) is 48.9 Å². The molecule has 2 aliphatic heterocycles. The molecular weight excluding hydrogens is 555 g/mol. The third kappa shape index (κ3) is 4.93. The molecule has 3 heterocycles. The van der Waals surface area contributed by atoms with Crippen molar-refractivity contribution >= 4 is 52.2 Å². The summed E-state index contributed by atoms with van der Waals surface area (Å²) in [5, 5.41) is 2.69. The van der Waals surface area contributed by atoms with Gasteiger partial charge in [-0.15, -0.1) is 0 Å². The SMILES string of the molecule is CC(C)(C)c1ccc(C2c3sc(=O)n(CC(=O)Nc4ccccc4)c3SC3C(=O)N(c4ccccc4)C(=O)C32)cc1. The number of benzene rings is 3. The summed E-state index contributed by atoms with van der Waals surface area (Å²) in [7, 11) is 0. The van der Waals surface area contributed by atoms with Crippen LogP contribution in [-0.4, -0.2) is 27.5 Å². The average molecular weight is 584 g/mol. The molecular formula is C32H29N3O4S2. The number of fused-ring (bicyclic) bond motifs is 2. The number of carbonyl (C=O) groups is 3. The van der Waals surface area contributed by atoms with Crippen LogP contribution in [0.4, 0.5) is 11.4 Å². The zero-order valence-corrected chi connectivity index (χ0v) is 24.5. The minimum Gasteiger partial charge on any atom is -0.325 e. The summed E-state index contributed by atoms with van der Waals surface area (Å²) in [6.07, 6.45) is 0. The molecule has 6 rings (SSSR count). The van der Waals surface area contributed by atoms with Gasteiger partial charge in [0.2, 0.25) is 17.7 Å². The molecule has 1 fully saturated rings. The highest BCUT2D eigenvalue weighted by Gasteiger charge is 2.56. The van der Waals surface area contributed by atoms with Gasteiger partial charge < -0.3 is 5.32 Å². The van der Waals surface area contributed by atoms with Gasteiger partial charge in [0.15, 0.2) is 0 Å². The molecule has 41 heavy (non-hydrogen) atoms. The minimum absolute atomic E-state index is 0.0574. The Morgan fingerprint density at radius 1 is 0.854 bits per heavy atom. The maximum absolute atomic E-state index is 14.0. The molecule has 0 aliphatic carbocycles. The lowest BCUT2D eigenvalue weighted by molar-refractivity contribution is -0.122. The van der Waals surface area contributed by atoms with Crippen LogP contribution in [0.2, 0.25) is 0 Å². The van der Waals surface area contributed by atoms with Gasteiger partial charge in [0.05, 0.1) is 16.6 Å². The number of hydrogen-bond donors (Lipinski definition) is 1. The highest BCUT2D eigenvalue weighted by atomic mass is 32.2. The lowest BCUT2D eigenvalue weighted by Crippen LogP contribution is -2.33. The number of imide groups is 1. The van der Waals surface area contributed by atoms with Gasteiger partial charge in [-0.25, -0.2) is 4.90 Å². The van der Waals surface area contributed by atoms with Crippen molar-refractivity contribution in [3.63, 3.8) is 0 Å². The summed E-state index contributed by atoms with van der Waals surface area (Å²) in [6.45, 7) is 6.22. The van der Waals surface area contributed by atoms with E-state index in [4.69, 9.17) is 0 Å². The van der Waals surface area contributed by atoms with Crippen molar-refractivity contribution in [1.29, 1.82) is 0 Å². The summed E-state index contributed by atoms with van der Waals surface area (Å²) < 4.78 is 1.44. The van der Waals surface area contributed by atoms with Crippen molar-refractivity contribution in [3.05, 3.63) is 111 Å². The molecule has 9 heteroatoms. The maximum atomic E-state index is 14.0. The van der Waals surface area contributed by atoms with E-state index >= 15 is 0 Å². The Balaban J connectivity index is 1.43. The van der Waals surface area contributed by atoms with Crippen LogP contribution in [0.1, 0.15) is 42.7 Å². The van der Waals surface area contributed by atoms with E-state index in [1.165, 1.54) is 21.2 Å². The summed E-state index contributed by atoms with van der Waals surface area (Å²) in [5.41, 5.74) is 3.12. The highest BCUT2D eigenvalue weighted by molar-refractivity contribution is 8.00. The van der Waals surface area contributed by atoms with E-state index in [1.807, 2.05) is 36.4 Å². The van der Waals surface area contributed by atoms with Crippen LogP contribution in [0.15, 0.2) is 94.7 Å². The fourth-order valence-corrected chi connectivity index (χ4v) is 8.28. The normalized spacial score (nSPS) is 20.1. The van der Waals surface area contributed by atoms with E-state index in [0.717, 1.165) is 22.5 Å². The first kappa shape index (κ1) is 27.2. The van der Waals surface area contributed by atoms with E-state index in [1.54, 1.807) is 36.4 Å². The number of anilines is 2. The number of nitrogens with one attached hydrogen (secondary N) is 1. The molecule has 7 nitrogen and oxygen atoms in total. The zero-order chi connectivity index (χ0) is 28.9. The van der Waals surface area contributed by atoms with E-state index < -0.39 is 17.1 Å². The quantitative estimate of drug-likeness (QED) is 0.307. The van der Waals surface area contributed by atoms with Gasteiger partial charge in [-0.2, -0.15) is 0 Å². The standard InChI is InChI=1S/C32H29N3O4S2/c1-32(2,3)20-16-14-19(15-17-20)24-25-26(29(38)35(28(25)37)22-12-8-5-9-13-22)40-30-27(24)41-31(39)34(30)18-23(36)33-21-10-6-4-7-11-21/h4-17,24-26H,18H2,1-3H3,(H,33,36). The highest BCUT2D eigenvalue weighted by Crippen LogP contribution is 2.54. The summed E-state index contributed by atoms with van der Waals surface area (Å²) in [6, 6.07) is 26.1. The molecule has 3 aromatic carbocycles. The predicted molar refractivity (Wildman–Crippen MR) is 163 cm³/mol. The van der Waals surface area contributed by atoms with Gasteiger partial charge in [-0.1, -0.05) is 105 Å². The number of nitrogens with zero attached hydrogens (tertiary/aromatic N) is 2. The molecule has 0 bridgehead atoms. The van der Waals surface area contributed by atoms with Crippen LogP contribution in [0.25, 0.3) is 0 Å². The molecule has 4 aromatic rings. The average Bonchev–Trinajstić information content (AvgIpc) is 3.39. The molecule has 3 atom stereocenters. The van der Waals surface area contributed by atoms with Crippen molar-refractivity contribution in [2.24, 2.45) is 5.92 Å². The van der Waals surface area contributed by atoms with Crippen LogP contribution in [0.5, 0.6) is 0 Å². The number of rotatable bonds is 5. The molecule has 2 aliphatic rings. The molecule has 3 unspecified atom stereocenters. The molecule has 1 aromatic heterocycles. The third-order valence-corrected chi connectivity index (χ3v) is 10.2. The van der Waals surface area contributed by atoms with E-state index in [0.29, 0.717) is 21.3 Å². The van der Waals surface area contributed by atoms with Crippen LogP contribution in [-0.2, 0) is 26.3 Å². The Kier molecular flexibility index (Phi) is 6.95. The predicted octanol–water partition coefficient (Wildman–Crippen LogP) is 5.64. The first-order valence-electron chi connectivity index (χ1n) is 13.4. The number of hydrogen-bond acceptors (Lipinski definition) is 6. The van der Waals surface area contributed by atoms with Gasteiger partial charge in [-0.3, -0.25) is 23.7 Å². The topological polar surface area (TPSA) is 88.5 Å². The lowest BCUT2D eigenvalue weighted by atomic mass is 9.81. The Morgan fingerprint density at radius 2 is 1.49 bits per heavy atom. The van der Waals surface area contributed by atoms with Gasteiger partial charge in [0, 0.05) is 16.5 Å². The Hall–Kier alpha value is -3.95. The number of amides is 3. The molecule has 1 N–H and O–H groups in total. The van der Waals surface area contributed by atoms with Gasteiger partial charge in [-0.05, 0) is 40.8 Å². The Morgan fingerprint density at radius 3 is 2.12 bits per heavy atom. The first-order chi connectivity index (χ1) is 19.6. The van der Waals surface area contributed by atoms with Crippen LogP contribution in [0.3, 0.4) is 0 Å². The number of aromatic nitrogens is 1. The molecule has 3 amide bonds. The van der Waals surface area contributed by atoms with Crippen molar-refractivity contribution in [2.75, 3.05) is 10.2 Å². The first-order valence-corrected chi connectivity index (χ1v) is 15.1. The molecule has 0 radical (unpaired) electrons. The largest absolute Gasteiger partial charge is 0.325 e. The molecule has 0 saturated carbocycles. The van der Waals surface area contributed by atoms with Gasteiger partial charge in [0.1, 0.15) is 11.8 Å². The Labute approximate surface area is 246 Å². The fourth-order valence-electron chi connectivity index (χ4n) is 5.50. The van der Waals surface area contributed by atoms with Gasteiger partial charge in [0.25, 0.3) is 0 Å². The second-order valence-corrected chi connectivity index (χ2v) is 13.4. The number of thioether (sulfide) groups is 1. The number of carbonyl (C=O) groups excluding carboxylic acids is 3. The second kappa shape index (κ2) is 10.5. The van der Waals surface area contributed by atoms with Crippen molar-refractivity contribution in [3.8, 4) is 0 Å². The van der Waals surface area contributed by atoms with Crippen LogP contribution in [0, 0.1) is 5.92 Å². The summed E-state index contributed by atoms with van der Waals surface area (Å²) in [5.74, 6) is -2.09. The third-order valence-electron chi connectivity index (χ3n) is 7.56. The smallest absolute Gasteiger partial charge is 0.308 e. The van der Waals surface area contributed by atoms with E-state index in [-0.39, 0.29) is 34.6 Å². The Bertz CT molecular complexity index is 1690. The summed E-state index contributed by atoms with van der Waals surface area (Å²) >= 11 is 2.27. The maximum Gasteiger partial charge on any atom is 0.308 e. The zero-order valence-electron chi connectivity index (χ0n) is 22.9. The number of thiazole rings is 1. The van der Waals surface area contributed by atoms with Gasteiger partial charge >= 0.3 is 4.87 Å². The fraction of sp³-hybridized carbons (Fsp3) is 0.250. The molecule has 1 saturated heterocycles. The van der Waals surface area contributed by atoms with Crippen LogP contribution < -0.4 is 15.1 Å². The number of para-hydroxylation sites is 2. The minimum atomic E-state index is -0.722. The van der Waals surface area contributed by atoms with Crippen molar-refractivity contribution < 1.29 is 14.4 Å². The molecule has 208 valence electrons. The van der Waals surface area contributed by atoms with Crippen molar-refractivity contribution in [1.82, 2.24) is 4.57 Å². The molecule has 0 spiro atoms. The van der Waals surface area contributed by atoms with E-state index in [2.05, 4.69) is 38.2 Å². The monoisotopic (exact) mass is 583 g/mol. The second-order valence-electron chi connectivity index (χ2n) is 11.3. The van der Waals surface area contributed by atoms with E-state index in [9.17, 15) is 19.2 Å².